The molecular weight excluding hydrogens is 432 g/mol. The maximum Gasteiger partial charge on any atom is 0.238 e. The Labute approximate surface area is 187 Å². The second kappa shape index (κ2) is 9.02. The quantitative estimate of drug-likeness (QED) is 0.515. The number of thioether (sulfide) groups is 1. The van der Waals surface area contributed by atoms with E-state index in [4.69, 9.17) is 5.14 Å². The van der Waals surface area contributed by atoms with Crippen molar-refractivity contribution in [3.63, 3.8) is 0 Å². The standard InChI is InChI=1S/C22H28N4O3S2/c1-6-9-26-19-8-7-17(31(23,28)29)12-18(19)24-22(26)30-16(5)21(27)25-20-14(3)10-13(2)11-15(20)4/h7-8,10-12,16H,6,9H2,1-5H3,(H,25,27)(H2,23,28,29). The van der Waals surface area contributed by atoms with Crippen LogP contribution in [0.1, 0.15) is 37.0 Å². The second-order valence-electron chi connectivity index (χ2n) is 7.76. The molecule has 166 valence electrons. The summed E-state index contributed by atoms with van der Waals surface area (Å²) in [6.45, 7) is 10.6. The molecule has 0 spiro atoms. The fraction of sp³-hybridized carbons (Fsp3) is 0.364. The van der Waals surface area contributed by atoms with Gasteiger partial charge in [0.05, 0.1) is 21.2 Å². The minimum absolute atomic E-state index is 0.0220. The number of imidazole rings is 1. The van der Waals surface area contributed by atoms with Crippen molar-refractivity contribution in [1.82, 2.24) is 9.55 Å². The average molecular weight is 461 g/mol. The van der Waals surface area contributed by atoms with E-state index in [9.17, 15) is 13.2 Å². The Morgan fingerprint density at radius 3 is 2.42 bits per heavy atom. The number of aromatic nitrogens is 2. The van der Waals surface area contributed by atoms with E-state index in [2.05, 4.69) is 17.2 Å². The van der Waals surface area contributed by atoms with Crippen LogP contribution >= 0.6 is 11.8 Å². The fourth-order valence-corrected chi connectivity index (χ4v) is 5.09. The molecular formula is C22H28N4O3S2. The number of nitrogens with zero attached hydrogens (tertiary/aromatic N) is 2. The van der Waals surface area contributed by atoms with E-state index in [1.165, 1.54) is 23.9 Å². The van der Waals surface area contributed by atoms with Gasteiger partial charge in [0.2, 0.25) is 15.9 Å². The highest BCUT2D eigenvalue weighted by Gasteiger charge is 2.21. The second-order valence-corrected chi connectivity index (χ2v) is 10.6. The Hall–Kier alpha value is -2.36. The van der Waals surface area contributed by atoms with Gasteiger partial charge in [-0.1, -0.05) is 36.4 Å². The van der Waals surface area contributed by atoms with E-state index in [0.717, 1.165) is 34.3 Å². The van der Waals surface area contributed by atoms with Crippen LogP contribution in [0.3, 0.4) is 0 Å². The van der Waals surface area contributed by atoms with Crippen molar-refractivity contribution >= 4 is 44.4 Å². The number of nitrogens with one attached hydrogen (secondary N) is 1. The van der Waals surface area contributed by atoms with Gasteiger partial charge in [0.25, 0.3) is 0 Å². The topological polar surface area (TPSA) is 107 Å². The summed E-state index contributed by atoms with van der Waals surface area (Å²) < 4.78 is 25.4. The number of rotatable bonds is 7. The van der Waals surface area contributed by atoms with Gasteiger partial charge in [0, 0.05) is 12.2 Å². The SMILES string of the molecule is CCCn1c(SC(C)C(=O)Nc2c(C)cc(C)cc2C)nc2cc(S(N)(=O)=O)ccc21. The molecule has 3 rings (SSSR count). The van der Waals surface area contributed by atoms with Gasteiger partial charge in [-0.15, -0.1) is 0 Å². The number of nitrogens with two attached hydrogens (primary N) is 1. The maximum atomic E-state index is 12.9. The number of aryl methyl sites for hydroxylation is 4. The van der Waals surface area contributed by atoms with Crippen LogP contribution in [0, 0.1) is 20.8 Å². The molecule has 9 heteroatoms. The molecule has 0 fully saturated rings. The van der Waals surface area contributed by atoms with E-state index < -0.39 is 15.3 Å². The van der Waals surface area contributed by atoms with Crippen molar-refractivity contribution in [3.05, 3.63) is 47.0 Å². The van der Waals surface area contributed by atoms with E-state index in [-0.39, 0.29) is 10.8 Å². The minimum Gasteiger partial charge on any atom is -0.325 e. The van der Waals surface area contributed by atoms with Crippen molar-refractivity contribution in [2.24, 2.45) is 5.14 Å². The highest BCUT2D eigenvalue weighted by Crippen LogP contribution is 2.30. The molecule has 1 unspecified atom stereocenters. The molecule has 31 heavy (non-hydrogen) atoms. The highest BCUT2D eigenvalue weighted by atomic mass is 32.2. The summed E-state index contributed by atoms with van der Waals surface area (Å²) in [5, 5.41) is 8.58. The molecule has 0 aliphatic carbocycles. The molecule has 0 bridgehead atoms. The van der Waals surface area contributed by atoms with Crippen LogP contribution in [0.15, 0.2) is 40.4 Å². The summed E-state index contributed by atoms with van der Waals surface area (Å²) in [6.07, 6.45) is 0.873. The normalized spacial score (nSPS) is 12.8. The molecule has 1 aromatic heterocycles. The number of amides is 1. The van der Waals surface area contributed by atoms with E-state index in [0.29, 0.717) is 17.2 Å². The van der Waals surface area contributed by atoms with Crippen molar-refractivity contribution in [1.29, 1.82) is 0 Å². The summed E-state index contributed by atoms with van der Waals surface area (Å²) >= 11 is 1.35. The lowest BCUT2D eigenvalue weighted by molar-refractivity contribution is -0.115. The van der Waals surface area contributed by atoms with Crippen molar-refractivity contribution in [2.75, 3.05) is 5.32 Å². The predicted molar refractivity (Wildman–Crippen MR) is 126 cm³/mol. The number of carbonyl (C=O) groups is 1. The molecule has 0 saturated heterocycles. The number of hydrogen-bond donors (Lipinski definition) is 2. The van der Waals surface area contributed by atoms with Crippen molar-refractivity contribution in [2.45, 2.75) is 62.9 Å². The Morgan fingerprint density at radius 1 is 1.19 bits per heavy atom. The summed E-state index contributed by atoms with van der Waals surface area (Å²) in [5.74, 6) is -0.111. The summed E-state index contributed by atoms with van der Waals surface area (Å²) in [7, 11) is -3.81. The average Bonchev–Trinajstić information content (AvgIpc) is 3.00. The Morgan fingerprint density at radius 2 is 1.84 bits per heavy atom. The summed E-state index contributed by atoms with van der Waals surface area (Å²) in [4.78, 5) is 17.5. The summed E-state index contributed by atoms with van der Waals surface area (Å²) in [5.41, 5.74) is 5.40. The number of sulfonamides is 1. The van der Waals surface area contributed by atoms with Gasteiger partial charge in [-0.2, -0.15) is 0 Å². The van der Waals surface area contributed by atoms with Gasteiger partial charge in [-0.05, 0) is 63.4 Å². The predicted octanol–water partition coefficient (Wildman–Crippen LogP) is 4.14. The zero-order valence-corrected chi connectivity index (χ0v) is 20.0. The van der Waals surface area contributed by atoms with Crippen LogP contribution in [0.2, 0.25) is 0 Å². The fourth-order valence-electron chi connectivity index (χ4n) is 3.61. The Balaban J connectivity index is 1.89. The molecule has 7 nitrogen and oxygen atoms in total. The molecule has 0 aliphatic heterocycles. The monoisotopic (exact) mass is 460 g/mol. The molecule has 1 amide bonds. The van der Waals surface area contributed by atoms with E-state index >= 15 is 0 Å². The largest absolute Gasteiger partial charge is 0.325 e. The molecule has 2 aromatic carbocycles. The maximum absolute atomic E-state index is 12.9. The number of carbonyl (C=O) groups excluding carboxylic acids is 1. The molecule has 0 aliphatic rings. The van der Waals surface area contributed by atoms with Crippen LogP contribution in [0.25, 0.3) is 11.0 Å². The zero-order chi connectivity index (χ0) is 22.9. The van der Waals surface area contributed by atoms with E-state index in [1.54, 1.807) is 6.07 Å². The first-order valence-corrected chi connectivity index (χ1v) is 12.5. The number of anilines is 1. The first-order valence-electron chi connectivity index (χ1n) is 10.1. The Kier molecular flexibility index (Phi) is 6.78. The molecule has 0 radical (unpaired) electrons. The summed E-state index contributed by atoms with van der Waals surface area (Å²) in [6, 6.07) is 8.77. The van der Waals surface area contributed by atoms with Crippen LogP contribution in [0.4, 0.5) is 5.69 Å². The first kappa shape index (κ1) is 23.3. The van der Waals surface area contributed by atoms with Gasteiger partial charge >= 0.3 is 0 Å². The van der Waals surface area contributed by atoms with Crippen LogP contribution < -0.4 is 10.5 Å². The van der Waals surface area contributed by atoms with Crippen molar-refractivity contribution in [3.8, 4) is 0 Å². The van der Waals surface area contributed by atoms with Crippen molar-refractivity contribution < 1.29 is 13.2 Å². The lowest BCUT2D eigenvalue weighted by Crippen LogP contribution is -2.24. The van der Waals surface area contributed by atoms with Gasteiger partial charge in [-0.3, -0.25) is 4.79 Å². The van der Waals surface area contributed by atoms with Crippen LogP contribution in [-0.4, -0.2) is 29.1 Å². The third-order valence-corrected chi connectivity index (χ3v) is 7.04. The lowest BCUT2D eigenvalue weighted by Gasteiger charge is -2.16. The number of fused-ring (bicyclic) bond motifs is 1. The smallest absolute Gasteiger partial charge is 0.238 e. The van der Waals surface area contributed by atoms with E-state index in [1.807, 2.05) is 44.4 Å². The van der Waals surface area contributed by atoms with Crippen LogP contribution in [-0.2, 0) is 21.4 Å². The van der Waals surface area contributed by atoms with Gasteiger partial charge in [0.1, 0.15) is 0 Å². The molecule has 3 N–H and O–H groups in total. The molecule has 1 heterocycles. The number of benzene rings is 2. The number of primary sulfonamides is 1. The molecule has 1 atom stereocenters. The molecule has 0 saturated carbocycles. The van der Waals surface area contributed by atoms with Gasteiger partial charge < -0.3 is 9.88 Å². The third kappa shape index (κ3) is 5.11. The van der Waals surface area contributed by atoms with Gasteiger partial charge in [0.15, 0.2) is 5.16 Å². The lowest BCUT2D eigenvalue weighted by atomic mass is 10.1. The highest BCUT2D eigenvalue weighted by molar-refractivity contribution is 8.00. The third-order valence-electron chi connectivity index (χ3n) is 5.04. The molecule has 3 aromatic rings. The minimum atomic E-state index is -3.81. The number of hydrogen-bond acceptors (Lipinski definition) is 5. The van der Waals surface area contributed by atoms with Crippen LogP contribution in [0.5, 0.6) is 0 Å². The van der Waals surface area contributed by atoms with Gasteiger partial charge in [-0.25, -0.2) is 18.5 Å². The first-order chi connectivity index (χ1) is 14.5. The Bertz CT molecular complexity index is 1230. The zero-order valence-electron chi connectivity index (χ0n) is 18.4.